The summed E-state index contributed by atoms with van der Waals surface area (Å²) < 4.78 is 73.2. The van der Waals surface area contributed by atoms with Gasteiger partial charge in [-0.05, 0) is 93.6 Å². The molecule has 2 aromatic carbocycles. The largest absolute Gasteiger partial charge is 0.506 e. The summed E-state index contributed by atoms with van der Waals surface area (Å²) in [6, 6.07) is 15.2. The molecule has 1 saturated heterocycles. The first-order valence-corrected chi connectivity index (χ1v) is 29.9. The van der Waals surface area contributed by atoms with E-state index in [0.29, 0.717) is 50.6 Å². The molecule has 10 N–H and O–H groups in total. The number of nitrogens with zero attached hydrogens (tertiary/aromatic N) is 5. The van der Waals surface area contributed by atoms with Crippen LogP contribution in [0.25, 0.3) is 6.08 Å². The molecule has 25 nitrogen and oxygen atoms in total. The van der Waals surface area contributed by atoms with Gasteiger partial charge >= 0.3 is 29.2 Å². The van der Waals surface area contributed by atoms with Gasteiger partial charge in [0.05, 0.1) is 24.0 Å². The third-order valence-electron chi connectivity index (χ3n) is 10.8. The minimum Gasteiger partial charge on any atom is -0.506 e. The van der Waals surface area contributed by atoms with E-state index in [-0.39, 0.29) is 66.4 Å². The van der Waals surface area contributed by atoms with E-state index in [1.807, 2.05) is 51.1 Å². The highest BCUT2D eigenvalue weighted by Gasteiger charge is 2.41. The number of phenolic OH excluding ortho intramolecular Hbond substituents is 1. The van der Waals surface area contributed by atoms with Crippen molar-refractivity contribution in [1.82, 2.24) is 25.2 Å². The second-order valence-corrected chi connectivity index (χ2v) is 24.8. The van der Waals surface area contributed by atoms with Crippen LogP contribution in [0.1, 0.15) is 79.1 Å². The SMILES string of the molecule is CC1=[N+]([B-]F)C(=Cc2ccc(CCC(=O)NCCc3ccc(N=Nc4ccc(C(=O)NCC(C)(C)SSCOCC#Cc5cn([C@H]6CC[C@@H](COP(=O)(O)OP(=O)(O)OP(=O)(O)O)O6)c(=O)nc5N)cc4)c(O)c3)[nH]2)C=C1. The Hall–Kier alpha value is -5.53. The van der Waals surface area contributed by atoms with Gasteiger partial charge in [-0.1, -0.05) is 39.5 Å². The molecule has 2 aliphatic rings. The van der Waals surface area contributed by atoms with Crippen LogP contribution in [0.15, 0.2) is 93.7 Å². The molecule has 4 atom stereocenters. The van der Waals surface area contributed by atoms with Crippen molar-refractivity contribution < 1.29 is 79.4 Å². The van der Waals surface area contributed by atoms with Crippen LogP contribution in [0.5, 0.6) is 5.75 Å². The van der Waals surface area contributed by atoms with E-state index >= 15 is 0 Å². The normalized spacial score (nSPS) is 17.8. The predicted octanol–water partition coefficient (Wildman–Crippen LogP) is 6.39. The molecule has 2 aliphatic heterocycles. The van der Waals surface area contributed by atoms with Crippen molar-refractivity contribution >= 4 is 93.5 Å². The number of phosphoric acid groups is 3. The quantitative estimate of drug-likeness (QED) is 0.00625. The molecule has 412 valence electrons. The van der Waals surface area contributed by atoms with Crippen LogP contribution < -0.4 is 22.1 Å². The number of anilines is 1. The molecule has 0 aliphatic carbocycles. The molecular weight excluding hydrogens is 1110 g/mol. The highest BCUT2D eigenvalue weighted by molar-refractivity contribution is 8.77. The maximum Gasteiger partial charge on any atom is 0.490 e. The Morgan fingerprint density at radius 3 is 2.55 bits per heavy atom. The number of halogens is 1. The summed E-state index contributed by atoms with van der Waals surface area (Å²) >= 11 is 0. The Kier molecular flexibility index (Phi) is 21.6. The average molecular weight is 1160 g/mol. The van der Waals surface area contributed by atoms with E-state index in [0.717, 1.165) is 27.2 Å². The Balaban J connectivity index is 0.853. The number of benzene rings is 2. The van der Waals surface area contributed by atoms with Crippen molar-refractivity contribution in [3.8, 4) is 17.6 Å². The molecule has 0 saturated carbocycles. The van der Waals surface area contributed by atoms with E-state index in [1.165, 1.54) is 32.3 Å². The summed E-state index contributed by atoms with van der Waals surface area (Å²) in [5.41, 5.74) is 10.4. The second kappa shape index (κ2) is 27.4. The highest BCUT2D eigenvalue weighted by Crippen LogP contribution is 2.66. The van der Waals surface area contributed by atoms with E-state index in [9.17, 15) is 47.3 Å². The number of phosphoric ester groups is 1. The lowest BCUT2D eigenvalue weighted by molar-refractivity contribution is -0.318. The number of hydrogen-bond donors (Lipinski definition) is 9. The van der Waals surface area contributed by atoms with Crippen LogP contribution >= 0.6 is 45.1 Å². The molecule has 32 heteroatoms. The maximum absolute atomic E-state index is 13.2. The maximum atomic E-state index is 13.2. The van der Waals surface area contributed by atoms with Crippen molar-refractivity contribution in [1.29, 1.82) is 0 Å². The third-order valence-corrected chi connectivity index (χ3v) is 17.6. The fourth-order valence-electron chi connectivity index (χ4n) is 7.10. The van der Waals surface area contributed by atoms with Crippen LogP contribution in [-0.2, 0) is 54.0 Å². The van der Waals surface area contributed by atoms with Gasteiger partial charge in [0.2, 0.25) is 5.91 Å². The van der Waals surface area contributed by atoms with Gasteiger partial charge in [-0.15, -0.1) is 5.11 Å². The molecule has 2 unspecified atom stereocenters. The van der Waals surface area contributed by atoms with Crippen LogP contribution in [0.2, 0.25) is 0 Å². The summed E-state index contributed by atoms with van der Waals surface area (Å²) in [5.74, 6) is 5.17. The van der Waals surface area contributed by atoms with Gasteiger partial charge in [-0.25, -0.2) is 18.5 Å². The van der Waals surface area contributed by atoms with Crippen molar-refractivity contribution in [3.63, 3.8) is 0 Å². The summed E-state index contributed by atoms with van der Waals surface area (Å²) in [4.78, 5) is 81.6. The Morgan fingerprint density at radius 1 is 1.05 bits per heavy atom. The average Bonchev–Trinajstić information content (AvgIpc) is 4.11. The lowest BCUT2D eigenvalue weighted by Crippen LogP contribution is -2.35. The van der Waals surface area contributed by atoms with Crippen LogP contribution in [0.3, 0.4) is 0 Å². The molecule has 2 amide bonds. The summed E-state index contributed by atoms with van der Waals surface area (Å²) in [5, 5.41) is 24.8. The monoisotopic (exact) mass is 1160 g/mol. The summed E-state index contributed by atoms with van der Waals surface area (Å²) in [6.07, 6.45) is 6.56. The number of carbonyl (C=O) groups excluding carboxylic acids is 2. The first-order valence-electron chi connectivity index (χ1n) is 23.1. The Morgan fingerprint density at radius 2 is 1.82 bits per heavy atom. The second-order valence-electron chi connectivity index (χ2n) is 17.4. The number of allylic oxidation sites excluding steroid dienone is 2. The van der Waals surface area contributed by atoms with Crippen LogP contribution in [0.4, 0.5) is 21.5 Å². The van der Waals surface area contributed by atoms with Crippen molar-refractivity contribution in [2.45, 2.75) is 70.0 Å². The molecule has 2 radical (unpaired) electrons. The number of nitrogen functional groups attached to an aromatic ring is 1. The standard InChI is InChI=1S/C45H53BFN9O16P3S2/c1-29-6-15-36(56(29)46-47)24-35-13-12-33(51-35)14-18-40(58)49-21-20-30-7-17-38(39(57)23-30)54-53-34-10-8-31(9-11-34)43(59)50-27-45(2,3)77-76-28-68-22-4-5-32-25-55(44(60)52-42(32)48)41-19-16-37(70-41)26-69-74(64,65)72-75(66,67)71-73(61,62)63/h6-13,15,17,23-25,37,41,51H,14,16,18-22,26-28H2,1-3H3,(H8-,48,49,50,52,53,57,58,59,60,61,62,63,64,65,66,67)/q-1/p+1/t37-,41+/m0/s1. The van der Waals surface area contributed by atoms with E-state index in [4.69, 9.17) is 25.0 Å². The molecule has 2 aromatic heterocycles. The zero-order chi connectivity index (χ0) is 56.0. The molecule has 6 rings (SSSR count). The number of rotatable bonds is 26. The van der Waals surface area contributed by atoms with Gasteiger partial charge < -0.3 is 64.3 Å². The first kappa shape index (κ1) is 60.7. The zero-order valence-corrected chi connectivity index (χ0v) is 45.7. The number of carbonyl (C=O) groups is 2. The van der Waals surface area contributed by atoms with Crippen molar-refractivity contribution in [2.24, 2.45) is 10.2 Å². The Labute approximate surface area is 449 Å². The Bertz CT molecular complexity index is 3200. The number of azo groups is 1. The molecule has 0 spiro atoms. The van der Waals surface area contributed by atoms with E-state index in [1.54, 1.807) is 42.5 Å². The highest BCUT2D eigenvalue weighted by atomic mass is 33.1. The molecule has 77 heavy (non-hydrogen) atoms. The van der Waals surface area contributed by atoms with E-state index in [2.05, 4.69) is 55.8 Å². The number of nitrogens with one attached hydrogen (secondary N) is 3. The molecular formula is C45H54BFN9O16P3S2. The lowest BCUT2D eigenvalue weighted by atomic mass is 10.1. The van der Waals surface area contributed by atoms with Gasteiger partial charge in [-0.2, -0.15) is 18.7 Å². The number of aromatic hydroxyl groups is 1. The van der Waals surface area contributed by atoms with E-state index < -0.39 is 52.8 Å². The zero-order valence-electron chi connectivity index (χ0n) is 41.4. The van der Waals surface area contributed by atoms with Gasteiger partial charge in [-0.3, -0.25) is 18.7 Å². The molecule has 1 fully saturated rings. The summed E-state index contributed by atoms with van der Waals surface area (Å²) in [6.45, 7) is 5.70. The predicted molar refractivity (Wildman–Crippen MR) is 285 cm³/mol. The number of nitrogens with two attached hydrogens (primary N) is 1. The number of H-pyrrole nitrogens is 1. The summed E-state index contributed by atoms with van der Waals surface area (Å²) in [7, 11) is -13.2. The number of ether oxygens (including phenoxy) is 2. The van der Waals surface area contributed by atoms with Crippen LogP contribution in [-0.4, -0.2) is 112 Å². The number of amides is 2. The van der Waals surface area contributed by atoms with Crippen LogP contribution in [0, 0.1) is 11.8 Å². The minimum atomic E-state index is -5.69. The minimum absolute atomic E-state index is 0.0156. The molecule has 4 heterocycles. The smallest absolute Gasteiger partial charge is 0.490 e. The number of phenols is 1. The number of aromatic nitrogens is 3. The lowest BCUT2D eigenvalue weighted by Gasteiger charge is -2.23. The number of aromatic amines is 1. The van der Waals surface area contributed by atoms with Gasteiger partial charge in [0.15, 0.2) is 5.70 Å². The van der Waals surface area contributed by atoms with Gasteiger partial charge in [0, 0.05) is 72.6 Å². The first-order chi connectivity index (χ1) is 36.4. The molecule has 0 bridgehead atoms. The molecule has 4 aromatic rings. The van der Waals surface area contributed by atoms with Gasteiger partial charge in [0.1, 0.15) is 41.7 Å². The van der Waals surface area contributed by atoms with Crippen molar-refractivity contribution in [3.05, 3.63) is 117 Å². The topological polar surface area (TPSA) is 361 Å². The third kappa shape index (κ3) is 19.7. The number of hydrogen-bond acceptors (Lipinski definition) is 18. The van der Waals surface area contributed by atoms with Gasteiger partial charge in [0.25, 0.3) is 13.6 Å². The fraction of sp³-hybridized carbons (Fsp3) is 0.356. The fourth-order valence-corrected chi connectivity index (χ4v) is 12.3. The number of aryl methyl sites for hydroxylation is 1. The van der Waals surface area contributed by atoms with Crippen molar-refractivity contribution in [2.75, 3.05) is 38.0 Å².